The summed E-state index contributed by atoms with van der Waals surface area (Å²) < 4.78 is 14.3. The Labute approximate surface area is 114 Å². The molecule has 4 nitrogen and oxygen atoms in total. The fraction of sp³-hybridized carbons (Fsp3) is 0.231. The van der Waals surface area contributed by atoms with Gasteiger partial charge in [-0.15, -0.1) is 11.3 Å². The van der Waals surface area contributed by atoms with Crippen LogP contribution in [0.25, 0.3) is 0 Å². The Morgan fingerprint density at radius 1 is 1.37 bits per heavy atom. The van der Waals surface area contributed by atoms with E-state index in [4.69, 9.17) is 5.41 Å². The van der Waals surface area contributed by atoms with E-state index in [9.17, 15) is 9.18 Å². The van der Waals surface area contributed by atoms with Crippen molar-refractivity contribution in [1.82, 2.24) is 9.88 Å². The van der Waals surface area contributed by atoms with Gasteiger partial charge < -0.3 is 9.88 Å². The van der Waals surface area contributed by atoms with E-state index in [0.717, 1.165) is 5.56 Å². The molecule has 1 heterocycles. The first-order valence-electron chi connectivity index (χ1n) is 5.85. The zero-order chi connectivity index (χ0) is 13.7. The SMILES string of the molecule is N=c1sccn1CC(=O)NCCc1ccc(F)cc1. The van der Waals surface area contributed by atoms with E-state index in [2.05, 4.69) is 5.32 Å². The van der Waals surface area contributed by atoms with E-state index in [1.807, 2.05) is 0 Å². The Bertz CT molecular complexity index is 603. The number of halogens is 1. The minimum absolute atomic E-state index is 0.126. The van der Waals surface area contributed by atoms with Crippen LogP contribution in [0.2, 0.25) is 0 Å². The van der Waals surface area contributed by atoms with Gasteiger partial charge in [0.25, 0.3) is 0 Å². The minimum Gasteiger partial charge on any atom is -0.354 e. The summed E-state index contributed by atoms with van der Waals surface area (Å²) in [5, 5.41) is 12.1. The van der Waals surface area contributed by atoms with Crippen LogP contribution < -0.4 is 10.1 Å². The Morgan fingerprint density at radius 3 is 2.74 bits per heavy atom. The molecule has 0 bridgehead atoms. The van der Waals surface area contributed by atoms with Gasteiger partial charge in [-0.25, -0.2) is 4.39 Å². The summed E-state index contributed by atoms with van der Waals surface area (Å²) in [6.45, 7) is 0.661. The van der Waals surface area contributed by atoms with Crippen molar-refractivity contribution in [3.05, 3.63) is 52.0 Å². The zero-order valence-corrected chi connectivity index (χ0v) is 11.0. The van der Waals surface area contributed by atoms with E-state index in [-0.39, 0.29) is 18.3 Å². The van der Waals surface area contributed by atoms with Gasteiger partial charge in [-0.3, -0.25) is 10.2 Å². The number of nitrogens with zero attached hydrogens (tertiary/aromatic N) is 1. The fourth-order valence-corrected chi connectivity index (χ4v) is 2.23. The first kappa shape index (κ1) is 13.5. The topological polar surface area (TPSA) is 57.9 Å². The third-order valence-electron chi connectivity index (χ3n) is 2.64. The minimum atomic E-state index is -0.260. The quantitative estimate of drug-likeness (QED) is 0.856. The molecule has 0 unspecified atom stereocenters. The maximum atomic E-state index is 12.7. The third kappa shape index (κ3) is 4.03. The van der Waals surface area contributed by atoms with Crippen LogP contribution in [-0.4, -0.2) is 17.0 Å². The van der Waals surface area contributed by atoms with Crippen molar-refractivity contribution in [1.29, 1.82) is 5.41 Å². The average molecular weight is 279 g/mol. The van der Waals surface area contributed by atoms with Gasteiger partial charge in [0, 0.05) is 18.1 Å². The molecule has 0 aliphatic carbocycles. The van der Waals surface area contributed by atoms with Crippen LogP contribution in [0.4, 0.5) is 4.39 Å². The van der Waals surface area contributed by atoms with Crippen molar-refractivity contribution < 1.29 is 9.18 Å². The van der Waals surface area contributed by atoms with E-state index < -0.39 is 0 Å². The van der Waals surface area contributed by atoms with Gasteiger partial charge >= 0.3 is 0 Å². The molecule has 0 aliphatic rings. The normalized spacial score (nSPS) is 10.4. The summed E-state index contributed by atoms with van der Waals surface area (Å²) in [5.74, 6) is -0.386. The number of hydrogen-bond donors (Lipinski definition) is 2. The summed E-state index contributed by atoms with van der Waals surface area (Å²) in [4.78, 5) is 12.0. The van der Waals surface area contributed by atoms with Crippen LogP contribution in [-0.2, 0) is 17.8 Å². The first-order valence-corrected chi connectivity index (χ1v) is 6.73. The molecule has 2 rings (SSSR count). The second-order valence-electron chi connectivity index (χ2n) is 4.06. The lowest BCUT2D eigenvalue weighted by molar-refractivity contribution is -0.121. The van der Waals surface area contributed by atoms with Crippen LogP contribution in [0.5, 0.6) is 0 Å². The number of hydrogen-bond acceptors (Lipinski definition) is 3. The van der Waals surface area contributed by atoms with E-state index in [1.54, 1.807) is 28.3 Å². The van der Waals surface area contributed by atoms with E-state index >= 15 is 0 Å². The van der Waals surface area contributed by atoms with Crippen molar-refractivity contribution in [2.24, 2.45) is 0 Å². The van der Waals surface area contributed by atoms with Crippen LogP contribution in [0.15, 0.2) is 35.8 Å². The lowest BCUT2D eigenvalue weighted by Crippen LogP contribution is -2.31. The lowest BCUT2D eigenvalue weighted by Gasteiger charge is -2.06. The van der Waals surface area contributed by atoms with Crippen molar-refractivity contribution >= 4 is 17.2 Å². The smallest absolute Gasteiger partial charge is 0.240 e. The number of thiazole rings is 1. The maximum absolute atomic E-state index is 12.7. The number of benzene rings is 1. The van der Waals surface area contributed by atoms with Crippen LogP contribution in [0.3, 0.4) is 0 Å². The number of amides is 1. The van der Waals surface area contributed by atoms with Crippen molar-refractivity contribution in [2.45, 2.75) is 13.0 Å². The molecule has 0 atom stereocenters. The van der Waals surface area contributed by atoms with Gasteiger partial charge in [-0.2, -0.15) is 0 Å². The maximum Gasteiger partial charge on any atom is 0.240 e. The molecular formula is C13H14FN3OS. The summed E-state index contributed by atoms with van der Waals surface area (Å²) in [6.07, 6.45) is 2.38. The van der Waals surface area contributed by atoms with Crippen molar-refractivity contribution in [3.63, 3.8) is 0 Å². The Kier molecular flexibility index (Phi) is 4.46. The highest BCUT2D eigenvalue weighted by molar-refractivity contribution is 7.06. The molecule has 19 heavy (non-hydrogen) atoms. The number of aromatic nitrogens is 1. The molecule has 6 heteroatoms. The Morgan fingerprint density at radius 2 is 2.11 bits per heavy atom. The molecule has 2 aromatic rings. The zero-order valence-electron chi connectivity index (χ0n) is 10.2. The Hall–Kier alpha value is -1.95. The second kappa shape index (κ2) is 6.29. The van der Waals surface area contributed by atoms with Gasteiger partial charge in [0.1, 0.15) is 12.4 Å². The summed E-state index contributed by atoms with van der Waals surface area (Å²) in [6, 6.07) is 6.23. The summed E-state index contributed by atoms with van der Waals surface area (Å²) in [7, 11) is 0. The van der Waals surface area contributed by atoms with E-state index in [1.165, 1.54) is 23.5 Å². The number of carbonyl (C=O) groups is 1. The van der Waals surface area contributed by atoms with E-state index in [0.29, 0.717) is 17.8 Å². The largest absolute Gasteiger partial charge is 0.354 e. The van der Waals surface area contributed by atoms with Gasteiger partial charge in [-0.05, 0) is 24.1 Å². The van der Waals surface area contributed by atoms with Crippen LogP contribution in [0.1, 0.15) is 5.56 Å². The van der Waals surface area contributed by atoms with Crippen molar-refractivity contribution in [2.75, 3.05) is 6.54 Å². The highest BCUT2D eigenvalue weighted by Crippen LogP contribution is 2.02. The van der Waals surface area contributed by atoms with Gasteiger partial charge in [0.2, 0.25) is 5.91 Å². The number of carbonyl (C=O) groups excluding carboxylic acids is 1. The molecule has 0 fully saturated rings. The number of nitrogens with one attached hydrogen (secondary N) is 2. The molecule has 0 aliphatic heterocycles. The molecule has 0 saturated heterocycles. The second-order valence-corrected chi connectivity index (χ2v) is 4.96. The molecular weight excluding hydrogens is 265 g/mol. The lowest BCUT2D eigenvalue weighted by atomic mass is 10.1. The summed E-state index contributed by atoms with van der Waals surface area (Å²) >= 11 is 1.28. The van der Waals surface area contributed by atoms with Gasteiger partial charge in [0.05, 0.1) is 0 Å². The third-order valence-corrected chi connectivity index (χ3v) is 3.36. The number of rotatable bonds is 5. The molecule has 100 valence electrons. The van der Waals surface area contributed by atoms with Crippen LogP contribution >= 0.6 is 11.3 Å². The first-order chi connectivity index (χ1) is 9.15. The monoisotopic (exact) mass is 279 g/mol. The molecule has 0 radical (unpaired) electrons. The molecule has 1 aromatic carbocycles. The average Bonchev–Trinajstić information content (AvgIpc) is 2.78. The predicted molar refractivity (Wildman–Crippen MR) is 71.3 cm³/mol. The summed E-state index contributed by atoms with van der Waals surface area (Å²) in [5.41, 5.74) is 0.978. The predicted octanol–water partition coefficient (Wildman–Crippen LogP) is 1.53. The van der Waals surface area contributed by atoms with Crippen molar-refractivity contribution in [3.8, 4) is 0 Å². The fourth-order valence-electron chi connectivity index (χ4n) is 1.64. The molecule has 2 N–H and O–H groups in total. The van der Waals surface area contributed by atoms with Crippen LogP contribution in [0, 0.1) is 11.2 Å². The van der Waals surface area contributed by atoms with Gasteiger partial charge in [0.15, 0.2) is 4.80 Å². The molecule has 0 saturated carbocycles. The standard InChI is InChI=1S/C13H14FN3OS/c14-11-3-1-10(2-4-11)5-6-16-12(18)9-17-7-8-19-13(17)15/h1-4,7-8,15H,5-6,9H2,(H,16,18). The highest BCUT2D eigenvalue weighted by Gasteiger charge is 2.03. The molecule has 1 amide bonds. The highest BCUT2D eigenvalue weighted by atomic mass is 32.1. The molecule has 1 aromatic heterocycles. The van der Waals surface area contributed by atoms with Gasteiger partial charge in [-0.1, -0.05) is 12.1 Å². The Balaban J connectivity index is 1.76. The molecule has 0 spiro atoms.